The van der Waals surface area contributed by atoms with Crippen LogP contribution in [0.5, 0.6) is 0 Å². The quantitative estimate of drug-likeness (QED) is 0.488. The Labute approximate surface area is 118 Å². The highest BCUT2D eigenvalue weighted by molar-refractivity contribution is 6.14. The van der Waals surface area contributed by atoms with Crippen LogP contribution in [0.4, 0.5) is 13.2 Å². The van der Waals surface area contributed by atoms with E-state index in [1.54, 1.807) is 6.07 Å². The van der Waals surface area contributed by atoms with Crippen molar-refractivity contribution in [2.45, 2.75) is 0 Å². The molecule has 0 amide bonds. The minimum absolute atomic E-state index is 0.0564. The van der Waals surface area contributed by atoms with Crippen molar-refractivity contribution in [1.29, 1.82) is 5.26 Å². The Hall–Kier alpha value is -2.87. The van der Waals surface area contributed by atoms with E-state index in [2.05, 4.69) is 0 Å². The lowest BCUT2D eigenvalue weighted by molar-refractivity contribution is 0.104. The van der Waals surface area contributed by atoms with E-state index in [1.165, 1.54) is 18.2 Å². The van der Waals surface area contributed by atoms with Gasteiger partial charge in [0.1, 0.15) is 29.1 Å². The second-order valence-corrected chi connectivity index (χ2v) is 4.14. The molecule has 0 heterocycles. The molecular formula is C16H8F3NO. The zero-order chi connectivity index (χ0) is 15.4. The van der Waals surface area contributed by atoms with Gasteiger partial charge in [-0.15, -0.1) is 0 Å². The Balaban J connectivity index is 2.45. The molecule has 0 aliphatic rings. The van der Waals surface area contributed by atoms with Crippen molar-refractivity contribution < 1.29 is 18.0 Å². The summed E-state index contributed by atoms with van der Waals surface area (Å²) in [5.74, 6) is -3.03. The highest BCUT2D eigenvalue weighted by atomic mass is 19.1. The average molecular weight is 287 g/mol. The fraction of sp³-hybridized carbons (Fsp3) is 0. The first-order valence-electron chi connectivity index (χ1n) is 5.89. The van der Waals surface area contributed by atoms with E-state index >= 15 is 0 Å². The van der Waals surface area contributed by atoms with E-state index in [0.29, 0.717) is 0 Å². The molecule has 21 heavy (non-hydrogen) atoms. The van der Waals surface area contributed by atoms with E-state index in [1.807, 2.05) is 0 Å². The van der Waals surface area contributed by atoms with Crippen LogP contribution in [-0.4, -0.2) is 5.78 Å². The van der Waals surface area contributed by atoms with Crippen molar-refractivity contribution in [1.82, 2.24) is 0 Å². The first kappa shape index (κ1) is 14.5. The van der Waals surface area contributed by atoms with Gasteiger partial charge in [0.2, 0.25) is 5.78 Å². The maximum absolute atomic E-state index is 13.5. The number of hydrogen-bond acceptors (Lipinski definition) is 2. The lowest BCUT2D eigenvalue weighted by atomic mass is 10.0. The van der Waals surface area contributed by atoms with Crippen LogP contribution in [0.3, 0.4) is 0 Å². The number of carbonyl (C=O) groups is 1. The largest absolute Gasteiger partial charge is 0.288 e. The number of hydrogen-bond donors (Lipinski definition) is 0. The molecule has 0 fully saturated rings. The first-order chi connectivity index (χ1) is 10.0. The Morgan fingerprint density at radius 3 is 2.10 bits per heavy atom. The molecule has 0 spiro atoms. The third kappa shape index (κ3) is 3.18. The summed E-state index contributed by atoms with van der Waals surface area (Å²) in [5.41, 5.74) is -0.851. The molecule has 0 saturated heterocycles. The smallest absolute Gasteiger partial charge is 0.203 e. The highest BCUT2D eigenvalue weighted by Crippen LogP contribution is 2.18. The number of halogens is 3. The monoisotopic (exact) mass is 287 g/mol. The summed E-state index contributed by atoms with van der Waals surface area (Å²) in [6, 6.07) is 9.33. The van der Waals surface area contributed by atoms with E-state index in [0.717, 1.165) is 30.3 Å². The molecule has 2 rings (SSSR count). The number of benzene rings is 2. The van der Waals surface area contributed by atoms with Crippen LogP contribution in [-0.2, 0) is 0 Å². The topological polar surface area (TPSA) is 40.9 Å². The van der Waals surface area contributed by atoms with Gasteiger partial charge in [0.05, 0.1) is 0 Å². The summed E-state index contributed by atoms with van der Waals surface area (Å²) in [6.45, 7) is 0. The molecule has 0 atom stereocenters. The summed E-state index contributed by atoms with van der Waals surface area (Å²) in [5, 5.41) is 9.00. The first-order valence-corrected chi connectivity index (χ1v) is 5.89. The van der Waals surface area contributed by atoms with Gasteiger partial charge in [-0.3, -0.25) is 4.79 Å². The lowest BCUT2D eigenvalue weighted by Gasteiger charge is -2.02. The molecule has 0 unspecified atom stereocenters. The lowest BCUT2D eigenvalue weighted by Crippen LogP contribution is -2.03. The van der Waals surface area contributed by atoms with E-state index in [4.69, 9.17) is 5.26 Å². The Morgan fingerprint density at radius 2 is 1.57 bits per heavy atom. The second kappa shape index (κ2) is 6.06. The molecule has 0 N–H and O–H groups in total. The van der Waals surface area contributed by atoms with Gasteiger partial charge < -0.3 is 0 Å². The molecule has 0 radical (unpaired) electrons. The summed E-state index contributed by atoms with van der Waals surface area (Å²) < 4.78 is 39.8. The van der Waals surface area contributed by atoms with Crippen molar-refractivity contribution >= 4 is 11.9 Å². The van der Waals surface area contributed by atoms with Crippen LogP contribution in [0.2, 0.25) is 0 Å². The molecule has 5 heteroatoms. The molecule has 0 bridgehead atoms. The van der Waals surface area contributed by atoms with Crippen LogP contribution < -0.4 is 0 Å². The third-order valence-corrected chi connectivity index (χ3v) is 2.76. The maximum Gasteiger partial charge on any atom is 0.203 e. The number of nitriles is 1. The molecule has 2 aromatic rings. The number of carbonyl (C=O) groups excluding carboxylic acids is 1. The summed E-state index contributed by atoms with van der Waals surface area (Å²) in [6.07, 6.45) is 0.844. The number of rotatable bonds is 3. The fourth-order valence-corrected chi connectivity index (χ4v) is 1.70. The van der Waals surface area contributed by atoms with Crippen LogP contribution in [0.15, 0.2) is 48.0 Å². The van der Waals surface area contributed by atoms with Gasteiger partial charge >= 0.3 is 0 Å². The fourth-order valence-electron chi connectivity index (χ4n) is 1.70. The van der Waals surface area contributed by atoms with Crippen molar-refractivity contribution in [3.8, 4) is 6.07 Å². The van der Waals surface area contributed by atoms with Crippen molar-refractivity contribution in [2.75, 3.05) is 0 Å². The molecular weight excluding hydrogens is 279 g/mol. The van der Waals surface area contributed by atoms with Crippen molar-refractivity contribution in [3.63, 3.8) is 0 Å². The molecule has 104 valence electrons. The molecule has 0 aliphatic heterocycles. The minimum atomic E-state index is -0.880. The Bertz CT molecular complexity index is 738. The molecule has 2 nitrogen and oxygen atoms in total. The SMILES string of the molecule is N#C/C(=C\c1c(F)cccc1F)C(=O)c1ccc(F)cc1. The standard InChI is InChI=1S/C16H8F3NO/c17-12-6-4-10(5-7-12)16(21)11(9-20)8-13-14(18)2-1-3-15(13)19/h1-8H/b11-8+. The molecule has 0 saturated carbocycles. The normalized spacial score (nSPS) is 11.0. The van der Waals surface area contributed by atoms with E-state index in [-0.39, 0.29) is 5.56 Å². The zero-order valence-corrected chi connectivity index (χ0v) is 10.6. The number of Topliss-reactive ketones (excluding diaryl/α,β-unsaturated/α-hetero) is 1. The second-order valence-electron chi connectivity index (χ2n) is 4.14. The average Bonchev–Trinajstić information content (AvgIpc) is 2.47. The maximum atomic E-state index is 13.5. The van der Waals surface area contributed by atoms with Gasteiger partial charge in [0, 0.05) is 11.1 Å². The zero-order valence-electron chi connectivity index (χ0n) is 10.6. The van der Waals surface area contributed by atoms with Gasteiger partial charge in [0.25, 0.3) is 0 Å². The predicted octanol–water partition coefficient (Wildman–Crippen LogP) is 3.89. The molecule has 2 aromatic carbocycles. The van der Waals surface area contributed by atoms with Gasteiger partial charge in [-0.25, -0.2) is 13.2 Å². The highest BCUT2D eigenvalue weighted by Gasteiger charge is 2.15. The Morgan fingerprint density at radius 1 is 1.00 bits per heavy atom. The minimum Gasteiger partial charge on any atom is -0.288 e. The number of nitrogens with zero attached hydrogens (tertiary/aromatic N) is 1. The van der Waals surface area contributed by atoms with E-state index in [9.17, 15) is 18.0 Å². The van der Waals surface area contributed by atoms with Crippen LogP contribution in [0, 0.1) is 28.8 Å². The third-order valence-electron chi connectivity index (χ3n) is 2.76. The summed E-state index contributed by atoms with van der Waals surface area (Å²) in [4.78, 5) is 12.1. The van der Waals surface area contributed by atoms with E-state index < -0.39 is 34.4 Å². The Kier molecular flexibility index (Phi) is 4.19. The summed E-state index contributed by atoms with van der Waals surface area (Å²) in [7, 11) is 0. The van der Waals surface area contributed by atoms with Crippen LogP contribution in [0.25, 0.3) is 6.08 Å². The van der Waals surface area contributed by atoms with Crippen molar-refractivity contribution in [2.24, 2.45) is 0 Å². The molecule has 0 aliphatic carbocycles. The summed E-state index contributed by atoms with van der Waals surface area (Å²) >= 11 is 0. The van der Waals surface area contributed by atoms with Crippen LogP contribution in [0.1, 0.15) is 15.9 Å². The number of ketones is 1. The van der Waals surface area contributed by atoms with Gasteiger partial charge in [-0.05, 0) is 42.5 Å². The van der Waals surface area contributed by atoms with Crippen molar-refractivity contribution in [3.05, 3.63) is 76.6 Å². The van der Waals surface area contributed by atoms with Gasteiger partial charge in [-0.2, -0.15) is 5.26 Å². The van der Waals surface area contributed by atoms with Gasteiger partial charge in [0.15, 0.2) is 0 Å². The predicted molar refractivity (Wildman–Crippen MR) is 70.7 cm³/mol. The number of allylic oxidation sites excluding steroid dienone is 1. The van der Waals surface area contributed by atoms with Gasteiger partial charge in [-0.1, -0.05) is 6.07 Å². The van der Waals surface area contributed by atoms with Crippen LogP contribution >= 0.6 is 0 Å². The molecule has 0 aromatic heterocycles.